The highest BCUT2D eigenvalue weighted by atomic mass is 35.5. The van der Waals surface area contributed by atoms with E-state index in [0.717, 1.165) is 18.4 Å². The number of esters is 1. The summed E-state index contributed by atoms with van der Waals surface area (Å²) in [6, 6.07) is 15.4. The van der Waals surface area contributed by atoms with Gasteiger partial charge in [-0.05, 0) is 42.3 Å². The maximum Gasteiger partial charge on any atom is 0.343 e. The lowest BCUT2D eigenvalue weighted by molar-refractivity contribution is 0.0734. The third kappa shape index (κ3) is 6.87. The molecule has 0 aromatic heterocycles. The van der Waals surface area contributed by atoms with Crippen molar-refractivity contribution in [3.05, 3.63) is 86.7 Å². The van der Waals surface area contributed by atoms with Gasteiger partial charge in [0.05, 0.1) is 42.4 Å². The Morgan fingerprint density at radius 3 is 2.38 bits per heavy atom. The molecular formula is C32H32Cl2N2O6. The summed E-state index contributed by atoms with van der Waals surface area (Å²) in [4.78, 5) is 12.9. The predicted octanol–water partition coefficient (Wildman–Crippen LogP) is 7.80. The molecule has 0 saturated carbocycles. The van der Waals surface area contributed by atoms with Crippen molar-refractivity contribution in [3.8, 4) is 34.8 Å². The lowest BCUT2D eigenvalue weighted by atomic mass is 9.83. The van der Waals surface area contributed by atoms with Crippen molar-refractivity contribution >= 4 is 29.2 Å². The highest BCUT2D eigenvalue weighted by Gasteiger charge is 2.32. The Morgan fingerprint density at radius 2 is 1.71 bits per heavy atom. The van der Waals surface area contributed by atoms with Crippen molar-refractivity contribution in [1.29, 1.82) is 5.26 Å². The number of halogens is 2. The molecule has 0 radical (unpaired) electrons. The molecule has 1 heterocycles. The Hall–Kier alpha value is -4.06. The van der Waals surface area contributed by atoms with Gasteiger partial charge < -0.3 is 29.4 Å². The second-order valence-corrected chi connectivity index (χ2v) is 10.5. The summed E-state index contributed by atoms with van der Waals surface area (Å²) in [5.74, 6) is 0.719. The quantitative estimate of drug-likeness (QED) is 0.125. The third-order valence-electron chi connectivity index (χ3n) is 6.87. The maximum absolute atomic E-state index is 12.9. The van der Waals surface area contributed by atoms with Crippen molar-refractivity contribution in [3.63, 3.8) is 0 Å². The zero-order valence-electron chi connectivity index (χ0n) is 23.7. The molecule has 0 bridgehead atoms. The summed E-state index contributed by atoms with van der Waals surface area (Å²) in [6.45, 7) is 2.78. The molecule has 2 N–H and O–H groups in total. The van der Waals surface area contributed by atoms with Crippen LogP contribution in [-0.2, 0) is 0 Å². The topological polar surface area (TPSA) is 113 Å². The fourth-order valence-corrected chi connectivity index (χ4v) is 5.39. The standard InChI is InChI=1S/C32H32Cl2N2O6/c1-4-5-6-7-8-13-40-26-12-9-19(16-28(26)38-2)29-22-11-10-21(17-27(22)42-31(36)23(29)18-35)41-32(37)20-14-24(33)30(39-3)25(34)15-20/h9-12,14-17,29H,4-8,13,36H2,1-3H3. The third-order valence-corrected chi connectivity index (χ3v) is 7.43. The summed E-state index contributed by atoms with van der Waals surface area (Å²) < 4.78 is 28.1. The molecule has 42 heavy (non-hydrogen) atoms. The number of nitriles is 1. The van der Waals surface area contributed by atoms with Crippen LogP contribution in [0.5, 0.6) is 28.7 Å². The monoisotopic (exact) mass is 610 g/mol. The van der Waals surface area contributed by atoms with Crippen LogP contribution in [0, 0.1) is 11.3 Å². The molecule has 1 unspecified atom stereocenters. The lowest BCUT2D eigenvalue weighted by Gasteiger charge is -2.27. The van der Waals surface area contributed by atoms with Crippen LogP contribution in [0.1, 0.15) is 66.4 Å². The number of rotatable bonds is 12. The van der Waals surface area contributed by atoms with E-state index in [1.54, 1.807) is 25.3 Å². The number of benzene rings is 3. The maximum atomic E-state index is 12.9. The molecule has 0 saturated heterocycles. The second-order valence-electron chi connectivity index (χ2n) is 9.66. The minimum atomic E-state index is -0.680. The van der Waals surface area contributed by atoms with E-state index >= 15 is 0 Å². The van der Waals surface area contributed by atoms with Crippen LogP contribution in [0.2, 0.25) is 10.0 Å². The Labute approximate surface area is 255 Å². The Morgan fingerprint density at radius 1 is 0.976 bits per heavy atom. The van der Waals surface area contributed by atoms with E-state index in [1.807, 2.05) is 18.2 Å². The van der Waals surface area contributed by atoms with Gasteiger partial charge in [0, 0.05) is 11.6 Å². The first-order valence-corrected chi connectivity index (χ1v) is 14.3. The number of hydrogen-bond acceptors (Lipinski definition) is 8. The van der Waals surface area contributed by atoms with Gasteiger partial charge in [-0.25, -0.2) is 4.79 Å². The van der Waals surface area contributed by atoms with Crippen LogP contribution in [0.4, 0.5) is 0 Å². The van der Waals surface area contributed by atoms with Gasteiger partial charge in [0.2, 0.25) is 5.88 Å². The van der Waals surface area contributed by atoms with Crippen molar-refractivity contribution in [2.45, 2.75) is 44.9 Å². The zero-order chi connectivity index (χ0) is 30.2. The molecule has 0 spiro atoms. The Balaban J connectivity index is 1.58. The van der Waals surface area contributed by atoms with Crippen molar-refractivity contribution in [2.75, 3.05) is 20.8 Å². The van der Waals surface area contributed by atoms with Crippen LogP contribution in [-0.4, -0.2) is 26.8 Å². The Kier molecular flexibility index (Phi) is 10.5. The summed E-state index contributed by atoms with van der Waals surface area (Å²) in [6.07, 6.45) is 5.67. The van der Waals surface area contributed by atoms with Crippen LogP contribution in [0.3, 0.4) is 0 Å². The van der Waals surface area contributed by atoms with Crippen LogP contribution in [0.25, 0.3) is 0 Å². The minimum Gasteiger partial charge on any atom is -0.494 e. The van der Waals surface area contributed by atoms with Gasteiger partial charge in [0.25, 0.3) is 0 Å². The molecular weight excluding hydrogens is 579 g/mol. The van der Waals surface area contributed by atoms with E-state index in [9.17, 15) is 10.1 Å². The highest BCUT2D eigenvalue weighted by Crippen LogP contribution is 2.45. The van der Waals surface area contributed by atoms with E-state index in [1.165, 1.54) is 38.5 Å². The SMILES string of the molecule is CCCCCCCOc1ccc(C2C(C#N)=C(N)Oc3cc(OC(=O)c4cc(Cl)c(OC)c(Cl)c4)ccc32)cc1OC. The van der Waals surface area contributed by atoms with Crippen molar-refractivity contribution < 1.29 is 28.5 Å². The fraction of sp³-hybridized carbons (Fsp3) is 0.312. The number of hydrogen-bond donors (Lipinski definition) is 1. The van der Waals surface area contributed by atoms with Gasteiger partial charge in [-0.1, -0.05) is 67.9 Å². The van der Waals surface area contributed by atoms with Gasteiger partial charge in [0.15, 0.2) is 17.2 Å². The summed E-state index contributed by atoms with van der Waals surface area (Å²) >= 11 is 12.3. The first kappa shape index (κ1) is 30.9. The molecule has 1 aliphatic heterocycles. The largest absolute Gasteiger partial charge is 0.494 e. The fourth-order valence-electron chi connectivity index (χ4n) is 4.75. The van der Waals surface area contributed by atoms with Crippen molar-refractivity contribution in [2.24, 2.45) is 5.73 Å². The molecule has 220 valence electrons. The van der Waals surface area contributed by atoms with Gasteiger partial charge in [0.1, 0.15) is 23.1 Å². The van der Waals surface area contributed by atoms with Crippen LogP contribution >= 0.6 is 23.2 Å². The average Bonchev–Trinajstić information content (AvgIpc) is 2.98. The number of allylic oxidation sites excluding steroid dienone is 1. The van der Waals surface area contributed by atoms with Crippen LogP contribution in [0.15, 0.2) is 60.0 Å². The Bertz CT molecular complexity index is 1510. The smallest absolute Gasteiger partial charge is 0.343 e. The van der Waals surface area contributed by atoms with E-state index in [-0.39, 0.29) is 38.6 Å². The van der Waals surface area contributed by atoms with Gasteiger partial charge in [-0.2, -0.15) is 5.26 Å². The number of methoxy groups -OCH3 is 2. The number of nitrogens with zero attached hydrogens (tertiary/aromatic N) is 1. The number of carbonyl (C=O) groups excluding carboxylic acids is 1. The van der Waals surface area contributed by atoms with Gasteiger partial charge in [-0.3, -0.25) is 0 Å². The summed E-state index contributed by atoms with van der Waals surface area (Å²) in [7, 11) is 3.00. The second kappa shape index (κ2) is 14.2. The van der Waals surface area contributed by atoms with E-state index in [4.69, 9.17) is 52.6 Å². The van der Waals surface area contributed by atoms with E-state index in [2.05, 4.69) is 13.0 Å². The molecule has 0 amide bonds. The molecule has 1 atom stereocenters. The number of ether oxygens (including phenoxy) is 5. The molecule has 3 aromatic rings. The number of unbranched alkanes of at least 4 members (excludes halogenated alkanes) is 4. The summed E-state index contributed by atoms with van der Waals surface area (Å²) in [5.41, 5.74) is 8.01. The van der Waals surface area contributed by atoms with Crippen molar-refractivity contribution in [1.82, 2.24) is 0 Å². The van der Waals surface area contributed by atoms with Crippen LogP contribution < -0.4 is 29.4 Å². The molecule has 10 heteroatoms. The normalized spacial score (nSPS) is 14.0. The van der Waals surface area contributed by atoms with E-state index < -0.39 is 11.9 Å². The van der Waals surface area contributed by atoms with Gasteiger partial charge >= 0.3 is 5.97 Å². The molecule has 1 aliphatic rings. The first-order chi connectivity index (χ1) is 20.3. The number of nitrogens with two attached hydrogens (primary N) is 1. The molecule has 3 aromatic carbocycles. The number of carbonyl (C=O) groups is 1. The molecule has 0 aliphatic carbocycles. The molecule has 4 rings (SSSR count). The average molecular weight is 612 g/mol. The minimum absolute atomic E-state index is 0.0430. The number of fused-ring (bicyclic) bond motifs is 1. The summed E-state index contributed by atoms with van der Waals surface area (Å²) in [5, 5.41) is 10.3. The first-order valence-electron chi connectivity index (χ1n) is 13.6. The molecule has 0 fully saturated rings. The lowest BCUT2D eigenvalue weighted by Crippen LogP contribution is -2.21. The molecule has 8 nitrogen and oxygen atoms in total. The zero-order valence-corrected chi connectivity index (χ0v) is 25.2. The van der Waals surface area contributed by atoms with Gasteiger partial charge in [-0.15, -0.1) is 0 Å². The highest BCUT2D eigenvalue weighted by molar-refractivity contribution is 6.37. The predicted molar refractivity (Wildman–Crippen MR) is 161 cm³/mol. The van der Waals surface area contributed by atoms with E-state index in [0.29, 0.717) is 29.4 Å².